The molecule has 4 nitrogen and oxygen atoms in total. The summed E-state index contributed by atoms with van der Waals surface area (Å²) in [5.74, 6) is 0.881. The monoisotopic (exact) mass is 574 g/mol. The molecule has 5 aromatic carbocycles. The van der Waals surface area contributed by atoms with E-state index in [-0.39, 0.29) is 0 Å². The summed E-state index contributed by atoms with van der Waals surface area (Å²) in [6.45, 7) is 0. The van der Waals surface area contributed by atoms with Crippen LogP contribution in [0.15, 0.2) is 158 Å². The number of fused-ring (bicyclic) bond motifs is 12. The molecule has 10 rings (SSSR count). The van der Waals surface area contributed by atoms with Crippen molar-refractivity contribution >= 4 is 39.1 Å². The molecule has 45 heavy (non-hydrogen) atoms. The molecule has 1 aliphatic heterocycles. The van der Waals surface area contributed by atoms with Gasteiger partial charge in [0, 0.05) is 11.6 Å². The highest BCUT2D eigenvalue weighted by molar-refractivity contribution is 6.07. The molecule has 0 atom stereocenters. The Balaban J connectivity index is 1.20. The van der Waals surface area contributed by atoms with Crippen LogP contribution in [0.1, 0.15) is 22.3 Å². The number of pyridine rings is 2. The van der Waals surface area contributed by atoms with Gasteiger partial charge >= 0.3 is 0 Å². The van der Waals surface area contributed by atoms with Crippen molar-refractivity contribution in [3.8, 4) is 16.8 Å². The third kappa shape index (κ3) is 3.10. The van der Waals surface area contributed by atoms with Gasteiger partial charge in [0.05, 0.1) is 45.2 Å². The molecule has 3 aromatic heterocycles. The first kappa shape index (κ1) is 24.4. The van der Waals surface area contributed by atoms with E-state index in [0.29, 0.717) is 0 Å². The Labute approximate surface area is 260 Å². The van der Waals surface area contributed by atoms with Crippen LogP contribution in [0.2, 0.25) is 0 Å². The molecule has 1 aliphatic carbocycles. The lowest BCUT2D eigenvalue weighted by Crippen LogP contribution is -2.36. The lowest BCUT2D eigenvalue weighted by Gasteiger charge is -2.44. The molecular formula is C41H26N4. The van der Waals surface area contributed by atoms with Gasteiger partial charge in [-0.05, 0) is 75.8 Å². The third-order valence-electron chi connectivity index (χ3n) is 9.70. The van der Waals surface area contributed by atoms with Crippen LogP contribution in [0.25, 0.3) is 38.8 Å². The summed E-state index contributed by atoms with van der Waals surface area (Å²) in [4.78, 5) is 12.2. The Morgan fingerprint density at radius 3 is 1.71 bits per heavy atom. The number of nitrogens with zero attached hydrogens (tertiary/aromatic N) is 4. The molecule has 0 radical (unpaired) electrons. The first-order valence-electron chi connectivity index (χ1n) is 15.3. The Morgan fingerprint density at radius 1 is 0.467 bits per heavy atom. The zero-order valence-corrected chi connectivity index (χ0v) is 24.3. The quantitative estimate of drug-likeness (QED) is 0.206. The fraction of sp³-hybridized carbons (Fsp3) is 0.0244. The van der Waals surface area contributed by atoms with E-state index in [1.54, 1.807) is 0 Å². The summed E-state index contributed by atoms with van der Waals surface area (Å²) in [6, 6.07) is 52.4. The smallest absolute Gasteiger partial charge is 0.137 e. The second kappa shape index (κ2) is 9.01. The predicted molar refractivity (Wildman–Crippen MR) is 182 cm³/mol. The number of benzene rings is 5. The first-order chi connectivity index (χ1) is 22.4. The van der Waals surface area contributed by atoms with E-state index >= 15 is 0 Å². The number of anilines is 3. The van der Waals surface area contributed by atoms with Gasteiger partial charge in [-0.3, -0.25) is 9.88 Å². The maximum Gasteiger partial charge on any atom is 0.137 e. The van der Waals surface area contributed by atoms with Gasteiger partial charge in [0.25, 0.3) is 0 Å². The minimum atomic E-state index is -0.424. The van der Waals surface area contributed by atoms with Crippen LogP contribution in [0.5, 0.6) is 0 Å². The van der Waals surface area contributed by atoms with Crippen molar-refractivity contribution < 1.29 is 0 Å². The molecule has 0 saturated heterocycles. The second-order valence-electron chi connectivity index (χ2n) is 11.8. The molecule has 4 heterocycles. The molecule has 4 heteroatoms. The van der Waals surface area contributed by atoms with E-state index in [4.69, 9.17) is 9.97 Å². The van der Waals surface area contributed by atoms with Crippen LogP contribution in [-0.4, -0.2) is 14.5 Å². The molecule has 210 valence electrons. The van der Waals surface area contributed by atoms with Crippen LogP contribution in [-0.2, 0) is 5.41 Å². The van der Waals surface area contributed by atoms with Gasteiger partial charge in [0.15, 0.2) is 0 Å². The maximum atomic E-state index is 5.16. The lowest BCUT2D eigenvalue weighted by atomic mass is 9.65. The normalized spacial score (nSPS) is 13.9. The van der Waals surface area contributed by atoms with E-state index in [0.717, 1.165) is 44.8 Å². The van der Waals surface area contributed by atoms with Gasteiger partial charge in [-0.25, -0.2) is 4.98 Å². The van der Waals surface area contributed by atoms with E-state index in [2.05, 4.69) is 149 Å². The summed E-state index contributed by atoms with van der Waals surface area (Å²) in [5, 5.41) is 1.14. The Morgan fingerprint density at radius 2 is 1.04 bits per heavy atom. The highest BCUT2D eigenvalue weighted by Gasteiger charge is 2.51. The number of hydrogen-bond acceptors (Lipinski definition) is 3. The molecule has 0 saturated carbocycles. The highest BCUT2D eigenvalue weighted by atomic mass is 15.2. The number of rotatable bonds is 2. The van der Waals surface area contributed by atoms with Crippen LogP contribution in [0.4, 0.5) is 17.2 Å². The zero-order chi connectivity index (χ0) is 29.5. The molecule has 0 amide bonds. The van der Waals surface area contributed by atoms with Crippen LogP contribution < -0.4 is 4.90 Å². The summed E-state index contributed by atoms with van der Waals surface area (Å²) in [5.41, 5.74) is 13.8. The second-order valence-corrected chi connectivity index (χ2v) is 11.8. The van der Waals surface area contributed by atoms with Gasteiger partial charge in [-0.15, -0.1) is 0 Å². The van der Waals surface area contributed by atoms with Crippen molar-refractivity contribution in [2.75, 3.05) is 4.90 Å². The Hall–Kier alpha value is -6.00. The summed E-state index contributed by atoms with van der Waals surface area (Å²) in [6.07, 6.45) is 3.85. The SMILES string of the molecule is c1ccc2c(c1)-c1ccccc1C21c2ccccc2N(c2ccc(-n3c4ccccc4c4ncccc43)cn2)c2ccccc21. The van der Waals surface area contributed by atoms with Crippen LogP contribution in [0.3, 0.4) is 0 Å². The highest BCUT2D eigenvalue weighted by Crippen LogP contribution is 2.63. The Bertz CT molecular complexity index is 2310. The van der Waals surface area contributed by atoms with Crippen molar-refractivity contribution in [2.24, 2.45) is 0 Å². The molecule has 0 unspecified atom stereocenters. The topological polar surface area (TPSA) is 34.0 Å². The fourth-order valence-electron chi connectivity index (χ4n) is 8.01. The standard InChI is InChI=1S/C41H26N4/c1-4-15-31-28(12-1)29-13-2-5-16-32(29)41(31)33-17-6-9-20-36(33)45(37-21-10-7-18-34(37)41)39-24-23-27(26-43-39)44-35-19-8-3-14-30(35)40-38(44)22-11-25-42-40/h1-26H. The fourth-order valence-corrected chi connectivity index (χ4v) is 8.01. The first-order valence-corrected chi connectivity index (χ1v) is 15.3. The third-order valence-corrected chi connectivity index (χ3v) is 9.70. The van der Waals surface area contributed by atoms with Crippen LogP contribution in [0, 0.1) is 0 Å². The maximum absolute atomic E-state index is 5.16. The van der Waals surface area contributed by atoms with Crippen molar-refractivity contribution in [1.29, 1.82) is 0 Å². The Kier molecular flexibility index (Phi) is 4.89. The van der Waals surface area contributed by atoms with Gasteiger partial charge in [0.2, 0.25) is 0 Å². The minimum Gasteiger partial charge on any atom is -0.306 e. The van der Waals surface area contributed by atoms with Crippen molar-refractivity contribution in [2.45, 2.75) is 5.41 Å². The number of aromatic nitrogens is 3. The molecular weight excluding hydrogens is 548 g/mol. The number of para-hydroxylation sites is 3. The minimum absolute atomic E-state index is 0.424. The molecule has 0 fully saturated rings. The van der Waals surface area contributed by atoms with Crippen molar-refractivity contribution in [1.82, 2.24) is 14.5 Å². The van der Waals surface area contributed by atoms with E-state index < -0.39 is 5.41 Å². The summed E-state index contributed by atoms with van der Waals surface area (Å²) in [7, 11) is 0. The van der Waals surface area contributed by atoms with Gasteiger partial charge in [-0.1, -0.05) is 103 Å². The lowest BCUT2D eigenvalue weighted by molar-refractivity contribution is 0.751. The summed E-state index contributed by atoms with van der Waals surface area (Å²) < 4.78 is 2.26. The van der Waals surface area contributed by atoms with Gasteiger partial charge in [-0.2, -0.15) is 0 Å². The molecule has 1 spiro atoms. The largest absolute Gasteiger partial charge is 0.306 e. The molecule has 0 N–H and O–H groups in total. The average Bonchev–Trinajstić information content (AvgIpc) is 3.60. The molecule has 8 aromatic rings. The molecule has 2 aliphatic rings. The van der Waals surface area contributed by atoms with E-state index in [1.807, 2.05) is 18.5 Å². The van der Waals surface area contributed by atoms with E-state index in [1.165, 1.54) is 33.4 Å². The van der Waals surface area contributed by atoms with Gasteiger partial charge in [0.1, 0.15) is 5.82 Å². The number of hydrogen-bond donors (Lipinski definition) is 0. The van der Waals surface area contributed by atoms with Gasteiger partial charge < -0.3 is 4.57 Å². The zero-order valence-electron chi connectivity index (χ0n) is 24.3. The van der Waals surface area contributed by atoms with E-state index in [9.17, 15) is 0 Å². The van der Waals surface area contributed by atoms with Crippen LogP contribution >= 0.6 is 0 Å². The summed E-state index contributed by atoms with van der Waals surface area (Å²) >= 11 is 0. The van der Waals surface area contributed by atoms with Crippen molar-refractivity contribution in [3.63, 3.8) is 0 Å². The molecule has 0 bridgehead atoms. The predicted octanol–water partition coefficient (Wildman–Crippen LogP) is 9.72. The average molecular weight is 575 g/mol. The van der Waals surface area contributed by atoms with Crippen molar-refractivity contribution in [3.05, 3.63) is 180 Å².